The molecule has 0 unspecified atom stereocenters. The number of rotatable bonds is 6. The molecule has 0 radical (unpaired) electrons. The van der Waals surface area contributed by atoms with E-state index in [-0.39, 0.29) is 23.7 Å². The Bertz CT molecular complexity index is 880. The summed E-state index contributed by atoms with van der Waals surface area (Å²) < 4.78 is 10.4. The molecule has 1 saturated carbocycles. The van der Waals surface area contributed by atoms with E-state index in [0.717, 1.165) is 6.42 Å². The molecule has 2 N–H and O–H groups in total. The molecule has 2 bridgehead atoms. The summed E-state index contributed by atoms with van der Waals surface area (Å²) in [6.07, 6.45) is 4.96. The third kappa shape index (κ3) is 3.83. The molecule has 2 aromatic carbocycles. The molecule has 0 aliphatic heterocycles. The predicted octanol–water partition coefficient (Wildman–Crippen LogP) is 3.72. The number of carbonyl (C=O) groups is 2. The van der Waals surface area contributed by atoms with E-state index in [1.54, 1.807) is 26.4 Å². The molecule has 4 rings (SSSR count). The van der Waals surface area contributed by atoms with Gasteiger partial charge in [-0.2, -0.15) is 0 Å². The van der Waals surface area contributed by atoms with Crippen LogP contribution in [0.2, 0.25) is 0 Å². The van der Waals surface area contributed by atoms with E-state index in [9.17, 15) is 9.59 Å². The zero-order valence-corrected chi connectivity index (χ0v) is 16.4. The lowest BCUT2D eigenvalue weighted by Gasteiger charge is -2.26. The van der Waals surface area contributed by atoms with Gasteiger partial charge >= 0.3 is 0 Å². The third-order valence-electron chi connectivity index (χ3n) is 5.74. The molecule has 6 nitrogen and oxygen atoms in total. The van der Waals surface area contributed by atoms with Crippen molar-refractivity contribution in [3.05, 3.63) is 60.7 Å². The van der Waals surface area contributed by atoms with E-state index < -0.39 is 11.8 Å². The van der Waals surface area contributed by atoms with Crippen LogP contribution >= 0.6 is 0 Å². The van der Waals surface area contributed by atoms with Gasteiger partial charge in [0.25, 0.3) is 0 Å². The fraction of sp³-hybridized carbons (Fsp3) is 0.304. The minimum atomic E-state index is -0.401. The first-order valence-corrected chi connectivity index (χ1v) is 9.67. The molecule has 150 valence electrons. The van der Waals surface area contributed by atoms with Gasteiger partial charge < -0.3 is 20.1 Å². The number of nitrogens with one attached hydrogen (secondary N) is 2. The van der Waals surface area contributed by atoms with Crippen molar-refractivity contribution >= 4 is 23.2 Å². The molecule has 2 aliphatic rings. The number of methoxy groups -OCH3 is 2. The second kappa shape index (κ2) is 7.99. The Labute approximate surface area is 169 Å². The number of hydrogen-bond acceptors (Lipinski definition) is 4. The zero-order chi connectivity index (χ0) is 20.4. The van der Waals surface area contributed by atoms with Gasteiger partial charge in [-0.1, -0.05) is 24.3 Å². The van der Waals surface area contributed by atoms with Crippen LogP contribution in [0.25, 0.3) is 0 Å². The summed E-state index contributed by atoms with van der Waals surface area (Å²) in [5.41, 5.74) is 1.32. The monoisotopic (exact) mass is 392 g/mol. The van der Waals surface area contributed by atoms with Gasteiger partial charge in [-0.25, -0.2) is 0 Å². The molecule has 4 atom stereocenters. The van der Waals surface area contributed by atoms with Gasteiger partial charge in [0.15, 0.2) is 0 Å². The predicted molar refractivity (Wildman–Crippen MR) is 111 cm³/mol. The van der Waals surface area contributed by atoms with E-state index in [4.69, 9.17) is 9.47 Å². The van der Waals surface area contributed by atoms with Crippen LogP contribution in [-0.2, 0) is 9.59 Å². The Morgan fingerprint density at radius 1 is 0.793 bits per heavy atom. The molecule has 0 saturated heterocycles. The van der Waals surface area contributed by atoms with Crippen LogP contribution in [0.15, 0.2) is 60.7 Å². The highest BCUT2D eigenvalue weighted by atomic mass is 16.5. The first-order valence-electron chi connectivity index (χ1n) is 9.67. The molecular weight excluding hydrogens is 368 g/mol. The minimum Gasteiger partial charge on any atom is -0.497 e. The standard InChI is InChI=1S/C23H24N2O4/c1-28-18-7-3-5-16(12-18)24-22(26)20-14-9-10-15(11-14)21(20)23(27)25-17-6-4-8-19(13-17)29-2/h3-10,12-15,20-21H,11H2,1-2H3,(H,24,26)(H,25,27)/t14-,15-,20-,21+/m0/s1. The fourth-order valence-corrected chi connectivity index (χ4v) is 4.39. The second-order valence-corrected chi connectivity index (χ2v) is 7.44. The zero-order valence-electron chi connectivity index (χ0n) is 16.4. The maximum atomic E-state index is 13.1. The minimum absolute atomic E-state index is 0.0756. The van der Waals surface area contributed by atoms with Crippen LogP contribution in [0.5, 0.6) is 11.5 Å². The van der Waals surface area contributed by atoms with Crippen LogP contribution in [0.3, 0.4) is 0 Å². The van der Waals surface area contributed by atoms with Crippen LogP contribution < -0.4 is 20.1 Å². The first kappa shape index (κ1) is 19.1. The van der Waals surface area contributed by atoms with Crippen molar-refractivity contribution in [1.82, 2.24) is 0 Å². The molecule has 0 heterocycles. The smallest absolute Gasteiger partial charge is 0.228 e. The molecule has 2 aromatic rings. The van der Waals surface area contributed by atoms with Crippen molar-refractivity contribution in [2.24, 2.45) is 23.7 Å². The van der Waals surface area contributed by atoms with Crippen LogP contribution in [0.1, 0.15) is 6.42 Å². The normalized spacial score (nSPS) is 24.2. The highest BCUT2D eigenvalue weighted by Crippen LogP contribution is 2.48. The summed E-state index contributed by atoms with van der Waals surface area (Å²) in [5, 5.41) is 5.92. The Balaban J connectivity index is 1.51. The van der Waals surface area contributed by atoms with Crippen molar-refractivity contribution in [2.75, 3.05) is 24.9 Å². The lowest BCUT2D eigenvalue weighted by Crippen LogP contribution is -2.39. The second-order valence-electron chi connectivity index (χ2n) is 7.44. The van der Waals surface area contributed by atoms with Gasteiger partial charge in [-0.3, -0.25) is 9.59 Å². The van der Waals surface area contributed by atoms with Crippen molar-refractivity contribution < 1.29 is 19.1 Å². The summed E-state index contributed by atoms with van der Waals surface area (Å²) in [6.45, 7) is 0. The average Bonchev–Trinajstić information content (AvgIpc) is 3.35. The number of hydrogen-bond donors (Lipinski definition) is 2. The number of anilines is 2. The van der Waals surface area contributed by atoms with Crippen LogP contribution in [0.4, 0.5) is 11.4 Å². The van der Waals surface area contributed by atoms with Gasteiger partial charge in [0.05, 0.1) is 26.1 Å². The van der Waals surface area contributed by atoms with Gasteiger partial charge in [0, 0.05) is 23.5 Å². The number of fused-ring (bicyclic) bond motifs is 2. The van der Waals surface area contributed by atoms with E-state index in [2.05, 4.69) is 22.8 Å². The molecular formula is C23H24N2O4. The lowest BCUT2D eigenvalue weighted by molar-refractivity contribution is -0.129. The SMILES string of the molecule is COc1cccc(NC(=O)[C@@H]2[C@H](C(=O)Nc3cccc(OC)c3)[C@H]3C=C[C@H]2C3)c1. The molecule has 1 fully saturated rings. The van der Waals surface area contributed by atoms with Gasteiger partial charge in [-0.05, 0) is 42.5 Å². The van der Waals surface area contributed by atoms with Gasteiger partial charge in [0.1, 0.15) is 11.5 Å². The van der Waals surface area contributed by atoms with Crippen LogP contribution in [-0.4, -0.2) is 26.0 Å². The number of carbonyl (C=O) groups excluding carboxylic acids is 2. The number of amides is 2. The molecule has 29 heavy (non-hydrogen) atoms. The Morgan fingerprint density at radius 2 is 1.24 bits per heavy atom. The quantitative estimate of drug-likeness (QED) is 0.735. The Hall–Kier alpha value is -3.28. The highest BCUT2D eigenvalue weighted by molar-refractivity contribution is 6.01. The fourth-order valence-electron chi connectivity index (χ4n) is 4.39. The summed E-state index contributed by atoms with van der Waals surface area (Å²) in [4.78, 5) is 26.2. The highest BCUT2D eigenvalue weighted by Gasteiger charge is 2.51. The van der Waals surface area contributed by atoms with Crippen LogP contribution in [0, 0.1) is 23.7 Å². The molecule has 0 spiro atoms. The maximum absolute atomic E-state index is 13.1. The Morgan fingerprint density at radius 3 is 1.66 bits per heavy atom. The topological polar surface area (TPSA) is 76.7 Å². The summed E-state index contributed by atoms with van der Waals surface area (Å²) >= 11 is 0. The lowest BCUT2D eigenvalue weighted by atomic mass is 9.81. The van der Waals surface area contributed by atoms with E-state index in [1.807, 2.05) is 36.4 Å². The average molecular weight is 392 g/mol. The van der Waals surface area contributed by atoms with E-state index >= 15 is 0 Å². The molecule has 2 aliphatic carbocycles. The van der Waals surface area contributed by atoms with Gasteiger partial charge in [-0.15, -0.1) is 0 Å². The van der Waals surface area contributed by atoms with Crippen molar-refractivity contribution in [2.45, 2.75) is 6.42 Å². The molecule has 2 amide bonds. The number of allylic oxidation sites excluding steroid dienone is 2. The number of ether oxygens (including phenoxy) is 2. The third-order valence-corrected chi connectivity index (χ3v) is 5.74. The summed E-state index contributed by atoms with van der Waals surface area (Å²) in [7, 11) is 3.17. The van der Waals surface area contributed by atoms with E-state index in [1.165, 1.54) is 0 Å². The molecule has 6 heteroatoms. The largest absolute Gasteiger partial charge is 0.497 e. The van der Waals surface area contributed by atoms with Crippen molar-refractivity contribution in [3.63, 3.8) is 0 Å². The van der Waals surface area contributed by atoms with Crippen molar-refractivity contribution in [1.29, 1.82) is 0 Å². The maximum Gasteiger partial charge on any atom is 0.228 e. The van der Waals surface area contributed by atoms with E-state index in [0.29, 0.717) is 22.9 Å². The summed E-state index contributed by atoms with van der Waals surface area (Å²) in [6, 6.07) is 14.5. The van der Waals surface area contributed by atoms with Crippen molar-refractivity contribution in [3.8, 4) is 11.5 Å². The first-order chi connectivity index (χ1) is 14.1. The number of benzene rings is 2. The Kier molecular flexibility index (Phi) is 5.25. The molecule has 0 aromatic heterocycles. The summed E-state index contributed by atoms with van der Waals surface area (Å²) in [5.74, 6) is 0.412. The van der Waals surface area contributed by atoms with Gasteiger partial charge in [0.2, 0.25) is 11.8 Å².